The van der Waals surface area contributed by atoms with Gasteiger partial charge in [-0.05, 0) is 83.2 Å². The number of hydrogen-bond acceptors (Lipinski definition) is 3. The average Bonchev–Trinajstić information content (AvgIpc) is 3.16. The van der Waals surface area contributed by atoms with Gasteiger partial charge in [-0.2, -0.15) is 13.2 Å². The SMILES string of the molecule is CN1CCN(c2ccc3c(c2)Cc2c(C(N)=O)cc(-c4cccc(C(F)(F)F)c4)cc2-3)CC1. The number of rotatable bonds is 3. The quantitative estimate of drug-likeness (QED) is 0.487. The van der Waals surface area contributed by atoms with Gasteiger partial charge in [-0.3, -0.25) is 4.79 Å². The summed E-state index contributed by atoms with van der Waals surface area (Å²) in [6, 6.07) is 14.9. The normalized spacial score (nSPS) is 15.9. The van der Waals surface area contributed by atoms with Crippen LogP contribution in [0.2, 0.25) is 0 Å². The summed E-state index contributed by atoms with van der Waals surface area (Å²) in [4.78, 5) is 16.9. The first-order valence-electron chi connectivity index (χ1n) is 10.9. The first-order valence-corrected chi connectivity index (χ1v) is 10.9. The Morgan fingerprint density at radius 1 is 0.909 bits per heavy atom. The number of nitrogens with two attached hydrogens (primary N) is 1. The van der Waals surface area contributed by atoms with Gasteiger partial charge in [-0.1, -0.05) is 18.2 Å². The van der Waals surface area contributed by atoms with E-state index < -0.39 is 17.6 Å². The Kier molecular flexibility index (Phi) is 5.16. The van der Waals surface area contributed by atoms with E-state index in [1.807, 2.05) is 6.07 Å². The van der Waals surface area contributed by atoms with Crippen LogP contribution in [-0.4, -0.2) is 44.0 Å². The Bertz CT molecular complexity index is 1240. The second-order valence-electron chi connectivity index (χ2n) is 8.80. The monoisotopic (exact) mass is 451 g/mol. The van der Waals surface area contributed by atoms with E-state index in [4.69, 9.17) is 5.73 Å². The van der Waals surface area contributed by atoms with Crippen molar-refractivity contribution in [3.63, 3.8) is 0 Å². The number of carbonyl (C=O) groups excluding carboxylic acids is 1. The summed E-state index contributed by atoms with van der Waals surface area (Å²) in [5.41, 5.74) is 11.2. The highest BCUT2D eigenvalue weighted by molar-refractivity contribution is 6.00. The zero-order valence-electron chi connectivity index (χ0n) is 18.2. The highest BCUT2D eigenvalue weighted by Gasteiger charge is 2.31. The van der Waals surface area contributed by atoms with Crippen LogP contribution in [0.4, 0.5) is 18.9 Å². The van der Waals surface area contributed by atoms with E-state index in [0.29, 0.717) is 23.1 Å². The van der Waals surface area contributed by atoms with Gasteiger partial charge in [0.1, 0.15) is 0 Å². The average molecular weight is 451 g/mol. The van der Waals surface area contributed by atoms with E-state index in [1.165, 1.54) is 6.07 Å². The molecule has 1 aliphatic heterocycles. The predicted molar refractivity (Wildman–Crippen MR) is 123 cm³/mol. The fourth-order valence-electron chi connectivity index (χ4n) is 4.81. The van der Waals surface area contributed by atoms with Crippen molar-refractivity contribution < 1.29 is 18.0 Å². The van der Waals surface area contributed by atoms with E-state index in [2.05, 4.69) is 35.0 Å². The molecule has 3 aromatic rings. The van der Waals surface area contributed by atoms with Gasteiger partial charge < -0.3 is 15.5 Å². The minimum Gasteiger partial charge on any atom is -0.369 e. The van der Waals surface area contributed by atoms with Crippen LogP contribution in [0.5, 0.6) is 0 Å². The smallest absolute Gasteiger partial charge is 0.369 e. The molecule has 2 N–H and O–H groups in total. The molecule has 0 aromatic heterocycles. The number of alkyl halides is 3. The van der Waals surface area contributed by atoms with E-state index in [0.717, 1.165) is 66.3 Å². The molecule has 0 spiro atoms. The summed E-state index contributed by atoms with van der Waals surface area (Å²) < 4.78 is 39.7. The predicted octanol–water partition coefficient (Wildman–Crippen LogP) is 4.79. The lowest BCUT2D eigenvalue weighted by molar-refractivity contribution is -0.137. The standard InChI is InChI=1S/C26H24F3N3O/c1-31-7-9-32(10-8-31)20-5-6-21-18(12-20)15-23-22(21)13-17(14-24(23)25(30)33)16-3-2-4-19(11-16)26(27,28)29/h2-6,11-14H,7-10,15H2,1H3,(H2,30,33). The molecule has 7 heteroatoms. The van der Waals surface area contributed by atoms with Crippen LogP contribution in [0, 0.1) is 0 Å². The third kappa shape index (κ3) is 3.97. The molecule has 170 valence electrons. The molecule has 0 saturated carbocycles. The lowest BCUT2D eigenvalue weighted by Gasteiger charge is -2.34. The van der Waals surface area contributed by atoms with Gasteiger partial charge in [-0.25, -0.2) is 0 Å². The molecule has 1 amide bonds. The fraction of sp³-hybridized carbons (Fsp3) is 0.269. The van der Waals surface area contributed by atoms with E-state index in [-0.39, 0.29) is 0 Å². The van der Waals surface area contributed by atoms with Crippen LogP contribution in [0.15, 0.2) is 54.6 Å². The number of piperazine rings is 1. The molecule has 5 rings (SSSR count). The van der Waals surface area contributed by atoms with Gasteiger partial charge in [0, 0.05) is 37.4 Å². The first kappa shape index (κ1) is 21.5. The molecule has 2 aliphatic rings. The van der Waals surface area contributed by atoms with E-state index in [1.54, 1.807) is 12.1 Å². The van der Waals surface area contributed by atoms with Crippen molar-refractivity contribution in [3.8, 4) is 22.3 Å². The summed E-state index contributed by atoms with van der Waals surface area (Å²) in [5.74, 6) is -0.577. The van der Waals surface area contributed by atoms with Crippen LogP contribution in [0.3, 0.4) is 0 Å². The Morgan fingerprint density at radius 2 is 1.67 bits per heavy atom. The minimum atomic E-state index is -4.44. The van der Waals surface area contributed by atoms with Crippen molar-refractivity contribution in [1.82, 2.24) is 4.90 Å². The molecule has 1 saturated heterocycles. The topological polar surface area (TPSA) is 49.6 Å². The maximum Gasteiger partial charge on any atom is 0.416 e. The lowest BCUT2D eigenvalue weighted by Crippen LogP contribution is -2.44. The van der Waals surface area contributed by atoms with Crippen molar-refractivity contribution in [3.05, 3.63) is 76.9 Å². The summed E-state index contributed by atoms with van der Waals surface area (Å²) in [5, 5.41) is 0. The zero-order valence-corrected chi connectivity index (χ0v) is 18.2. The van der Waals surface area contributed by atoms with Crippen LogP contribution >= 0.6 is 0 Å². The molecule has 4 nitrogen and oxygen atoms in total. The van der Waals surface area contributed by atoms with Crippen molar-refractivity contribution in [2.24, 2.45) is 5.73 Å². The number of halogens is 3. The third-order valence-electron chi connectivity index (χ3n) is 6.65. The number of hydrogen-bond donors (Lipinski definition) is 1. The van der Waals surface area contributed by atoms with Crippen LogP contribution in [0.25, 0.3) is 22.3 Å². The highest BCUT2D eigenvalue weighted by Crippen LogP contribution is 2.43. The Labute approximate surface area is 190 Å². The maximum atomic E-state index is 13.2. The van der Waals surface area contributed by atoms with Crippen LogP contribution < -0.4 is 10.6 Å². The molecular weight excluding hydrogens is 427 g/mol. The van der Waals surface area contributed by atoms with Gasteiger partial charge in [0.2, 0.25) is 5.91 Å². The molecule has 1 fully saturated rings. The van der Waals surface area contributed by atoms with Crippen LogP contribution in [0.1, 0.15) is 27.0 Å². The summed E-state index contributed by atoms with van der Waals surface area (Å²) >= 11 is 0. The van der Waals surface area contributed by atoms with Gasteiger partial charge in [0.15, 0.2) is 0 Å². The molecule has 0 unspecified atom stereocenters. The number of carbonyl (C=O) groups is 1. The number of benzene rings is 3. The molecule has 1 aliphatic carbocycles. The summed E-state index contributed by atoms with van der Waals surface area (Å²) in [7, 11) is 2.12. The summed E-state index contributed by atoms with van der Waals surface area (Å²) in [6.07, 6.45) is -3.86. The van der Waals surface area contributed by atoms with E-state index >= 15 is 0 Å². The van der Waals surface area contributed by atoms with Gasteiger partial charge in [0.25, 0.3) is 0 Å². The molecule has 33 heavy (non-hydrogen) atoms. The highest BCUT2D eigenvalue weighted by atomic mass is 19.4. The molecule has 0 bridgehead atoms. The number of fused-ring (bicyclic) bond motifs is 3. The lowest BCUT2D eigenvalue weighted by atomic mass is 9.93. The van der Waals surface area contributed by atoms with E-state index in [9.17, 15) is 18.0 Å². The Hall–Kier alpha value is -3.32. The fourth-order valence-corrected chi connectivity index (χ4v) is 4.81. The van der Waals surface area contributed by atoms with Gasteiger partial charge in [-0.15, -0.1) is 0 Å². The third-order valence-corrected chi connectivity index (χ3v) is 6.65. The van der Waals surface area contributed by atoms with Crippen molar-refractivity contribution >= 4 is 11.6 Å². The number of amides is 1. The molecule has 3 aromatic carbocycles. The second kappa shape index (κ2) is 7.92. The molecule has 0 radical (unpaired) electrons. The summed E-state index contributed by atoms with van der Waals surface area (Å²) in [6.45, 7) is 3.91. The van der Waals surface area contributed by atoms with Crippen molar-refractivity contribution in [2.45, 2.75) is 12.6 Å². The van der Waals surface area contributed by atoms with Crippen molar-refractivity contribution in [1.29, 1.82) is 0 Å². The molecule has 0 atom stereocenters. The Balaban J connectivity index is 1.57. The van der Waals surface area contributed by atoms with Crippen molar-refractivity contribution in [2.75, 3.05) is 38.1 Å². The Morgan fingerprint density at radius 3 is 2.36 bits per heavy atom. The van der Waals surface area contributed by atoms with Crippen LogP contribution in [-0.2, 0) is 12.6 Å². The minimum absolute atomic E-state index is 0.359. The molecule has 1 heterocycles. The zero-order chi connectivity index (χ0) is 23.3. The number of anilines is 1. The second-order valence-corrected chi connectivity index (χ2v) is 8.80. The number of primary amides is 1. The maximum absolute atomic E-state index is 13.2. The molecular formula is C26H24F3N3O. The largest absolute Gasteiger partial charge is 0.416 e. The first-order chi connectivity index (χ1) is 15.7. The number of nitrogens with zero attached hydrogens (tertiary/aromatic N) is 2. The van der Waals surface area contributed by atoms with Gasteiger partial charge in [0.05, 0.1) is 5.56 Å². The van der Waals surface area contributed by atoms with Gasteiger partial charge >= 0.3 is 6.18 Å². The number of likely N-dealkylation sites (N-methyl/N-ethyl adjacent to an activating group) is 1.